The smallest absolute Gasteiger partial charge is 0.313 e. The summed E-state index contributed by atoms with van der Waals surface area (Å²) in [6.45, 7) is 1.53. The van der Waals surface area contributed by atoms with Gasteiger partial charge in [-0.05, 0) is 37.1 Å². The molecular formula is C14H19BrF3N. The lowest BCUT2D eigenvalue weighted by Crippen LogP contribution is -2.15. The van der Waals surface area contributed by atoms with Crippen LogP contribution in [0.2, 0.25) is 0 Å². The monoisotopic (exact) mass is 337 g/mol. The van der Waals surface area contributed by atoms with Crippen LogP contribution in [0.5, 0.6) is 0 Å². The van der Waals surface area contributed by atoms with Gasteiger partial charge in [-0.25, -0.2) is 0 Å². The van der Waals surface area contributed by atoms with Crippen LogP contribution in [0.25, 0.3) is 0 Å². The Morgan fingerprint density at radius 2 is 1.58 bits per heavy atom. The molecule has 0 aliphatic carbocycles. The maximum atomic E-state index is 12.4. The average Bonchev–Trinajstić information content (AvgIpc) is 2.37. The van der Waals surface area contributed by atoms with Gasteiger partial charge in [-0.2, -0.15) is 13.2 Å². The van der Waals surface area contributed by atoms with Gasteiger partial charge in [0, 0.05) is 11.9 Å². The van der Waals surface area contributed by atoms with Gasteiger partial charge >= 0.3 is 6.18 Å². The standard InChI is InChI=1S/C14H19BrF3N/c15-9-3-1-2-4-10-19-11-12-5-7-13(8-6-12)14(16,17)18/h5-8,19H,1-4,9-11H2. The summed E-state index contributed by atoms with van der Waals surface area (Å²) in [6, 6.07) is 5.32. The molecule has 0 spiro atoms. The first kappa shape index (κ1) is 16.5. The minimum Gasteiger partial charge on any atom is -0.313 e. The van der Waals surface area contributed by atoms with Crippen molar-refractivity contribution in [3.63, 3.8) is 0 Å². The number of nitrogens with one attached hydrogen (secondary N) is 1. The highest BCUT2D eigenvalue weighted by Gasteiger charge is 2.29. The van der Waals surface area contributed by atoms with Crippen molar-refractivity contribution in [2.45, 2.75) is 38.4 Å². The van der Waals surface area contributed by atoms with Gasteiger partial charge in [0.05, 0.1) is 5.56 Å². The van der Waals surface area contributed by atoms with Crippen LogP contribution in [0, 0.1) is 0 Å². The summed E-state index contributed by atoms with van der Waals surface area (Å²) in [5.41, 5.74) is 0.291. The highest BCUT2D eigenvalue weighted by atomic mass is 79.9. The van der Waals surface area contributed by atoms with Gasteiger partial charge < -0.3 is 5.32 Å². The minimum absolute atomic E-state index is 0.592. The fourth-order valence-electron chi connectivity index (χ4n) is 1.74. The van der Waals surface area contributed by atoms with Crippen LogP contribution in [-0.4, -0.2) is 11.9 Å². The first-order chi connectivity index (χ1) is 9.04. The lowest BCUT2D eigenvalue weighted by atomic mass is 10.1. The molecule has 0 aromatic heterocycles. The Labute approximate surface area is 120 Å². The van der Waals surface area contributed by atoms with E-state index in [0.29, 0.717) is 6.54 Å². The predicted octanol–water partition coefficient (Wildman–Crippen LogP) is 4.75. The molecule has 1 aromatic rings. The molecule has 108 valence electrons. The largest absolute Gasteiger partial charge is 0.416 e. The van der Waals surface area contributed by atoms with Crippen LogP contribution >= 0.6 is 15.9 Å². The van der Waals surface area contributed by atoms with Gasteiger partial charge in [-0.1, -0.05) is 40.9 Å². The number of hydrogen-bond acceptors (Lipinski definition) is 1. The Morgan fingerprint density at radius 3 is 2.16 bits per heavy atom. The number of rotatable bonds is 8. The molecule has 0 saturated carbocycles. The molecule has 0 amide bonds. The van der Waals surface area contributed by atoms with Crippen LogP contribution in [-0.2, 0) is 12.7 Å². The Balaban J connectivity index is 2.20. The van der Waals surface area contributed by atoms with E-state index in [1.165, 1.54) is 31.4 Å². The summed E-state index contributed by atoms with van der Waals surface area (Å²) < 4.78 is 37.1. The second-order valence-electron chi connectivity index (χ2n) is 4.47. The highest BCUT2D eigenvalue weighted by Crippen LogP contribution is 2.28. The van der Waals surface area contributed by atoms with E-state index in [0.717, 1.165) is 36.0 Å². The molecule has 0 aliphatic heterocycles. The normalized spacial score (nSPS) is 11.8. The molecular weight excluding hydrogens is 319 g/mol. The van der Waals surface area contributed by atoms with Crippen LogP contribution in [0.15, 0.2) is 24.3 Å². The summed E-state index contributed by atoms with van der Waals surface area (Å²) in [6.07, 6.45) is 0.451. The molecule has 0 atom stereocenters. The molecule has 1 N–H and O–H groups in total. The number of unbranched alkanes of at least 4 members (excludes halogenated alkanes) is 3. The number of hydrogen-bond donors (Lipinski definition) is 1. The van der Waals surface area contributed by atoms with E-state index in [-0.39, 0.29) is 0 Å². The zero-order chi connectivity index (χ0) is 14.1. The molecule has 0 heterocycles. The van der Waals surface area contributed by atoms with Crippen LogP contribution in [0.1, 0.15) is 36.8 Å². The average molecular weight is 338 g/mol. The van der Waals surface area contributed by atoms with Gasteiger partial charge in [-0.3, -0.25) is 0 Å². The van der Waals surface area contributed by atoms with Crippen LogP contribution < -0.4 is 5.32 Å². The number of halogens is 4. The van der Waals surface area contributed by atoms with Gasteiger partial charge in [0.25, 0.3) is 0 Å². The van der Waals surface area contributed by atoms with Gasteiger partial charge in [-0.15, -0.1) is 0 Å². The zero-order valence-electron chi connectivity index (χ0n) is 10.8. The minimum atomic E-state index is -4.25. The van der Waals surface area contributed by atoms with E-state index in [9.17, 15) is 13.2 Å². The molecule has 0 radical (unpaired) electrons. The van der Waals surface area contributed by atoms with Crippen molar-refractivity contribution in [1.82, 2.24) is 5.32 Å². The third-order valence-corrected chi connectivity index (χ3v) is 3.41. The van der Waals surface area contributed by atoms with E-state index in [1.54, 1.807) is 0 Å². The Bertz CT molecular complexity index is 349. The predicted molar refractivity (Wildman–Crippen MR) is 75.4 cm³/mol. The van der Waals surface area contributed by atoms with Gasteiger partial charge in [0.15, 0.2) is 0 Å². The second-order valence-corrected chi connectivity index (χ2v) is 5.27. The van der Waals surface area contributed by atoms with Crippen LogP contribution in [0.4, 0.5) is 13.2 Å². The van der Waals surface area contributed by atoms with Gasteiger partial charge in [0.2, 0.25) is 0 Å². The van der Waals surface area contributed by atoms with Crippen molar-refractivity contribution in [3.05, 3.63) is 35.4 Å². The van der Waals surface area contributed by atoms with Gasteiger partial charge in [0.1, 0.15) is 0 Å². The maximum Gasteiger partial charge on any atom is 0.416 e. The molecule has 5 heteroatoms. The summed E-state index contributed by atoms with van der Waals surface area (Å²) in [7, 11) is 0. The fourth-order valence-corrected chi connectivity index (χ4v) is 2.14. The molecule has 1 rings (SSSR count). The fraction of sp³-hybridized carbons (Fsp3) is 0.571. The maximum absolute atomic E-state index is 12.4. The Morgan fingerprint density at radius 1 is 0.947 bits per heavy atom. The molecule has 0 saturated heterocycles. The number of alkyl halides is 4. The SMILES string of the molecule is FC(F)(F)c1ccc(CNCCCCCCBr)cc1. The summed E-state index contributed by atoms with van der Waals surface area (Å²) >= 11 is 3.39. The summed E-state index contributed by atoms with van der Waals surface area (Å²) in [5.74, 6) is 0. The number of benzene rings is 1. The van der Waals surface area contributed by atoms with E-state index in [1.807, 2.05) is 0 Å². The highest BCUT2D eigenvalue weighted by molar-refractivity contribution is 9.09. The molecule has 0 bridgehead atoms. The Kier molecular flexibility index (Phi) is 7.46. The van der Waals surface area contributed by atoms with E-state index >= 15 is 0 Å². The quantitative estimate of drug-likeness (QED) is 0.533. The summed E-state index contributed by atoms with van der Waals surface area (Å²) in [4.78, 5) is 0. The van der Waals surface area contributed by atoms with Crippen molar-refractivity contribution in [3.8, 4) is 0 Å². The van der Waals surface area contributed by atoms with Crippen molar-refractivity contribution in [2.24, 2.45) is 0 Å². The second kappa shape index (κ2) is 8.59. The molecule has 1 nitrogen and oxygen atoms in total. The molecule has 0 fully saturated rings. The Hall–Kier alpha value is -0.550. The third-order valence-electron chi connectivity index (χ3n) is 2.85. The summed E-state index contributed by atoms with van der Waals surface area (Å²) in [5, 5.41) is 4.29. The lowest BCUT2D eigenvalue weighted by molar-refractivity contribution is -0.137. The van der Waals surface area contributed by atoms with Crippen LogP contribution in [0.3, 0.4) is 0 Å². The molecule has 19 heavy (non-hydrogen) atoms. The molecule has 0 unspecified atom stereocenters. The molecule has 1 aromatic carbocycles. The molecule has 0 aliphatic rings. The first-order valence-electron chi connectivity index (χ1n) is 6.47. The lowest BCUT2D eigenvalue weighted by Gasteiger charge is -2.08. The van der Waals surface area contributed by atoms with E-state index in [2.05, 4.69) is 21.2 Å². The van der Waals surface area contributed by atoms with E-state index < -0.39 is 11.7 Å². The van der Waals surface area contributed by atoms with Crippen molar-refractivity contribution < 1.29 is 13.2 Å². The van der Waals surface area contributed by atoms with Crippen molar-refractivity contribution in [2.75, 3.05) is 11.9 Å². The first-order valence-corrected chi connectivity index (χ1v) is 7.59. The third kappa shape index (κ3) is 6.97. The van der Waals surface area contributed by atoms with E-state index in [4.69, 9.17) is 0 Å². The van der Waals surface area contributed by atoms with Crippen molar-refractivity contribution >= 4 is 15.9 Å². The van der Waals surface area contributed by atoms with Crippen molar-refractivity contribution in [1.29, 1.82) is 0 Å². The topological polar surface area (TPSA) is 12.0 Å². The zero-order valence-corrected chi connectivity index (χ0v) is 12.4.